The fourth-order valence-electron chi connectivity index (χ4n) is 4.68. The van der Waals surface area contributed by atoms with Crippen molar-refractivity contribution in [3.05, 3.63) is 87.6 Å². The summed E-state index contributed by atoms with van der Waals surface area (Å²) in [6.07, 6.45) is 4.88. The molecule has 1 aromatic heterocycles. The van der Waals surface area contributed by atoms with E-state index in [0.717, 1.165) is 18.7 Å². The molecule has 2 aliphatic rings. The van der Waals surface area contributed by atoms with Crippen molar-refractivity contribution < 1.29 is 23.9 Å². The van der Waals surface area contributed by atoms with Gasteiger partial charge in [-0.25, -0.2) is 4.98 Å². The van der Waals surface area contributed by atoms with Crippen molar-refractivity contribution in [3.8, 4) is 11.5 Å². The van der Waals surface area contributed by atoms with Gasteiger partial charge in [0.25, 0.3) is 5.91 Å². The lowest BCUT2D eigenvalue weighted by Gasteiger charge is -2.24. The van der Waals surface area contributed by atoms with Crippen LogP contribution < -0.4 is 19.7 Å². The first-order chi connectivity index (χ1) is 20.3. The molecule has 3 aromatic rings. The van der Waals surface area contributed by atoms with Crippen molar-refractivity contribution in [2.75, 3.05) is 36.6 Å². The van der Waals surface area contributed by atoms with Crippen LogP contribution in [-0.4, -0.2) is 53.9 Å². The second-order valence-electron chi connectivity index (χ2n) is 9.57. The van der Waals surface area contributed by atoms with Crippen LogP contribution in [0.25, 0.3) is 6.08 Å². The molecule has 2 aliphatic heterocycles. The van der Waals surface area contributed by atoms with Crippen LogP contribution in [0.4, 0.5) is 17.2 Å². The van der Waals surface area contributed by atoms with E-state index in [1.54, 1.807) is 24.3 Å². The summed E-state index contributed by atoms with van der Waals surface area (Å²) in [5.74, 6) is 0.0606. The van der Waals surface area contributed by atoms with E-state index in [9.17, 15) is 14.4 Å². The number of ketones is 1. The molecular formula is C31H28Cl2N4O5. The third kappa shape index (κ3) is 6.33. The summed E-state index contributed by atoms with van der Waals surface area (Å²) in [5.41, 5.74) is 2.03. The van der Waals surface area contributed by atoms with Crippen molar-refractivity contribution in [1.29, 1.82) is 0 Å². The number of carbonyl (C=O) groups excluding carboxylic acids is 3. The van der Waals surface area contributed by atoms with Crippen molar-refractivity contribution in [2.45, 2.75) is 20.3 Å². The Hall–Kier alpha value is -4.18. The van der Waals surface area contributed by atoms with E-state index >= 15 is 0 Å². The van der Waals surface area contributed by atoms with E-state index < -0.39 is 18.2 Å². The number of rotatable bonds is 9. The molecule has 0 aliphatic carbocycles. The number of pyridine rings is 1. The van der Waals surface area contributed by atoms with E-state index in [1.807, 2.05) is 38.1 Å². The molecule has 2 aromatic carbocycles. The highest BCUT2D eigenvalue weighted by atomic mass is 35.5. The first kappa shape index (κ1) is 29.3. The molecule has 2 amide bonds. The van der Waals surface area contributed by atoms with Crippen molar-refractivity contribution in [3.63, 3.8) is 0 Å². The maximum atomic E-state index is 13.9. The number of Topliss-reactive ketones (excluding diaryl/α,β-unsaturated/α-hetero) is 1. The number of fused-ring (bicyclic) bond motifs is 3. The summed E-state index contributed by atoms with van der Waals surface area (Å²) < 4.78 is 10.8. The fourth-order valence-corrected chi connectivity index (χ4v) is 4.98. The van der Waals surface area contributed by atoms with E-state index in [-0.39, 0.29) is 40.5 Å². The summed E-state index contributed by atoms with van der Waals surface area (Å²) in [5, 5.41) is 3.19. The second-order valence-corrected chi connectivity index (χ2v) is 10.4. The first-order valence-corrected chi connectivity index (χ1v) is 14.2. The van der Waals surface area contributed by atoms with E-state index in [2.05, 4.69) is 15.2 Å². The largest absolute Gasteiger partial charge is 0.454 e. The number of ether oxygens (including phenoxy) is 2. The van der Waals surface area contributed by atoms with Crippen molar-refractivity contribution in [2.24, 2.45) is 0 Å². The Morgan fingerprint density at radius 1 is 1.05 bits per heavy atom. The van der Waals surface area contributed by atoms with Gasteiger partial charge in [-0.1, -0.05) is 61.3 Å². The quantitative estimate of drug-likeness (QED) is 0.132. The van der Waals surface area contributed by atoms with Gasteiger partial charge in [0.15, 0.2) is 23.1 Å². The molecule has 0 spiro atoms. The highest BCUT2D eigenvalue weighted by Gasteiger charge is 2.32. The number of benzene rings is 2. The van der Waals surface area contributed by atoms with Crippen LogP contribution in [0.3, 0.4) is 0 Å². The third-order valence-electron chi connectivity index (χ3n) is 6.94. The number of halogens is 2. The number of carbonyl (C=O) groups is 3. The molecule has 0 atom stereocenters. The van der Waals surface area contributed by atoms with Crippen LogP contribution in [0.5, 0.6) is 11.5 Å². The van der Waals surface area contributed by atoms with Gasteiger partial charge >= 0.3 is 0 Å². The van der Waals surface area contributed by atoms with Crippen LogP contribution >= 0.6 is 23.2 Å². The molecule has 42 heavy (non-hydrogen) atoms. The normalized spacial score (nSPS) is 14.1. The second kappa shape index (κ2) is 12.8. The SMILES string of the molecule is CCN(CC)CC(=CC=Cc1ccc2c(c1)OCO2)C(=O)CC(=O)N1c2cc(Cl)ccc2C(=O)Nc2ccc(Cl)nc21. The minimum absolute atomic E-state index is 0.103. The van der Waals surface area contributed by atoms with Crippen LogP contribution in [-0.2, 0) is 9.59 Å². The molecule has 0 saturated carbocycles. The topological polar surface area (TPSA) is 101 Å². The van der Waals surface area contributed by atoms with Crippen LogP contribution in [0.15, 0.2) is 66.3 Å². The minimum atomic E-state index is -0.582. The number of anilines is 3. The van der Waals surface area contributed by atoms with Crippen LogP contribution in [0.1, 0.15) is 36.2 Å². The van der Waals surface area contributed by atoms with Crippen LogP contribution in [0, 0.1) is 0 Å². The molecule has 3 heterocycles. The molecule has 0 bridgehead atoms. The van der Waals surface area contributed by atoms with Crippen molar-refractivity contribution in [1.82, 2.24) is 9.88 Å². The van der Waals surface area contributed by atoms with Gasteiger partial charge in [-0.15, -0.1) is 0 Å². The number of nitrogens with one attached hydrogen (secondary N) is 1. The zero-order chi connectivity index (χ0) is 29.8. The van der Waals surface area contributed by atoms with Gasteiger partial charge in [0.1, 0.15) is 5.15 Å². The first-order valence-electron chi connectivity index (χ1n) is 13.4. The number of allylic oxidation sites excluding steroid dienone is 2. The lowest BCUT2D eigenvalue weighted by atomic mass is 10.0. The number of aromatic nitrogens is 1. The van der Waals surface area contributed by atoms with E-state index in [1.165, 1.54) is 23.1 Å². The molecule has 0 unspecified atom stereocenters. The molecule has 9 nitrogen and oxygen atoms in total. The predicted molar refractivity (Wildman–Crippen MR) is 163 cm³/mol. The molecule has 0 radical (unpaired) electrons. The Bertz CT molecular complexity index is 1620. The van der Waals surface area contributed by atoms with Gasteiger partial charge in [0.2, 0.25) is 12.7 Å². The Kier molecular flexibility index (Phi) is 8.91. The lowest BCUT2D eigenvalue weighted by Crippen LogP contribution is -2.32. The standard InChI is InChI=1S/C31H28Cl2N4O5/c1-3-36(4-2)17-20(7-5-6-19-8-12-26-27(14-19)42-18-41-26)25(38)16-29(39)37-24-15-21(32)9-10-22(24)31(40)34-23-11-13-28(33)35-30(23)37/h5-15H,3-4,16-18H2,1-2H3,(H,34,40). The van der Waals surface area contributed by atoms with Gasteiger partial charge in [-0.2, -0.15) is 0 Å². The number of likely N-dealkylation sites (N-methyl/N-ethyl adjacent to an activating group) is 1. The van der Waals surface area contributed by atoms with Gasteiger partial charge in [-0.05, 0) is 61.1 Å². The molecule has 1 N–H and O–H groups in total. The monoisotopic (exact) mass is 606 g/mol. The summed E-state index contributed by atoms with van der Waals surface area (Å²) in [6.45, 7) is 6.00. The number of amides is 2. The average molecular weight is 607 g/mol. The summed E-state index contributed by atoms with van der Waals surface area (Å²) in [6, 6.07) is 13.2. The summed E-state index contributed by atoms with van der Waals surface area (Å²) in [4.78, 5) is 48.2. The number of hydrogen-bond acceptors (Lipinski definition) is 7. The highest BCUT2D eigenvalue weighted by molar-refractivity contribution is 6.32. The smallest absolute Gasteiger partial charge is 0.257 e. The highest BCUT2D eigenvalue weighted by Crippen LogP contribution is 2.39. The van der Waals surface area contributed by atoms with Gasteiger partial charge < -0.3 is 14.8 Å². The zero-order valence-corrected chi connectivity index (χ0v) is 24.5. The molecule has 0 saturated heterocycles. The Morgan fingerprint density at radius 2 is 1.83 bits per heavy atom. The van der Waals surface area contributed by atoms with E-state index in [4.69, 9.17) is 32.7 Å². The molecule has 0 fully saturated rings. The maximum Gasteiger partial charge on any atom is 0.257 e. The molecular weight excluding hydrogens is 579 g/mol. The fraction of sp³-hybridized carbons (Fsp3) is 0.226. The minimum Gasteiger partial charge on any atom is -0.454 e. The van der Waals surface area contributed by atoms with Gasteiger partial charge in [-0.3, -0.25) is 24.2 Å². The predicted octanol–water partition coefficient (Wildman–Crippen LogP) is 6.29. The number of nitrogens with zero attached hydrogens (tertiary/aromatic N) is 3. The van der Waals surface area contributed by atoms with Gasteiger partial charge in [0, 0.05) is 17.1 Å². The Labute approximate surface area is 253 Å². The Morgan fingerprint density at radius 3 is 2.62 bits per heavy atom. The average Bonchev–Trinajstić information content (AvgIpc) is 3.40. The van der Waals surface area contributed by atoms with Crippen molar-refractivity contribution >= 4 is 64.1 Å². The molecule has 11 heteroatoms. The summed E-state index contributed by atoms with van der Waals surface area (Å²) >= 11 is 12.5. The third-order valence-corrected chi connectivity index (χ3v) is 7.38. The summed E-state index contributed by atoms with van der Waals surface area (Å²) in [7, 11) is 0. The Balaban J connectivity index is 1.46. The van der Waals surface area contributed by atoms with Crippen LogP contribution in [0.2, 0.25) is 10.2 Å². The molecule has 5 rings (SSSR count). The van der Waals surface area contributed by atoms with E-state index in [0.29, 0.717) is 28.6 Å². The number of hydrogen-bond donors (Lipinski definition) is 1. The maximum absolute atomic E-state index is 13.9. The lowest BCUT2D eigenvalue weighted by molar-refractivity contribution is -0.124. The zero-order valence-electron chi connectivity index (χ0n) is 23.0. The van der Waals surface area contributed by atoms with Gasteiger partial charge in [0.05, 0.1) is 23.4 Å². The molecule has 216 valence electrons.